The van der Waals surface area contributed by atoms with Crippen LogP contribution in [-0.2, 0) is 21.4 Å². The van der Waals surface area contributed by atoms with Gasteiger partial charge in [-0.25, -0.2) is 8.42 Å². The third-order valence-corrected chi connectivity index (χ3v) is 7.70. The Balaban J connectivity index is 2.18. The van der Waals surface area contributed by atoms with Gasteiger partial charge in [-0.15, -0.1) is 0 Å². The van der Waals surface area contributed by atoms with Crippen molar-refractivity contribution in [3.05, 3.63) is 40.2 Å². The SMILES string of the molecule is CCCn1c(SCC(=O)Nc2ccc(C)c(S(=O)(=O)N(CC)CC)c2)nc(O)cc1=O. The summed E-state index contributed by atoms with van der Waals surface area (Å²) in [6.07, 6.45) is 0.694. The molecule has 0 saturated carbocycles. The zero-order chi connectivity index (χ0) is 23.2. The number of anilines is 1. The largest absolute Gasteiger partial charge is 0.493 e. The molecule has 0 spiro atoms. The molecule has 2 rings (SSSR count). The van der Waals surface area contributed by atoms with E-state index in [1.54, 1.807) is 32.9 Å². The van der Waals surface area contributed by atoms with Gasteiger partial charge in [0, 0.05) is 25.3 Å². The van der Waals surface area contributed by atoms with Crippen molar-refractivity contribution in [3.63, 3.8) is 0 Å². The van der Waals surface area contributed by atoms with Crippen LogP contribution in [0.15, 0.2) is 39.1 Å². The van der Waals surface area contributed by atoms with Crippen molar-refractivity contribution in [2.45, 2.75) is 50.7 Å². The summed E-state index contributed by atoms with van der Waals surface area (Å²) in [4.78, 5) is 28.6. The normalized spacial score (nSPS) is 11.6. The van der Waals surface area contributed by atoms with Crippen molar-refractivity contribution in [1.82, 2.24) is 13.9 Å². The highest BCUT2D eigenvalue weighted by Gasteiger charge is 2.24. The monoisotopic (exact) mass is 468 g/mol. The van der Waals surface area contributed by atoms with Crippen LogP contribution >= 0.6 is 11.8 Å². The Morgan fingerprint density at radius 2 is 1.90 bits per heavy atom. The number of carbonyl (C=O) groups is 1. The van der Waals surface area contributed by atoms with Crippen molar-refractivity contribution in [3.8, 4) is 5.88 Å². The number of sulfonamides is 1. The fourth-order valence-electron chi connectivity index (χ4n) is 3.00. The summed E-state index contributed by atoms with van der Waals surface area (Å²) >= 11 is 1.02. The molecule has 0 atom stereocenters. The third kappa shape index (κ3) is 6.08. The first kappa shape index (κ1) is 24.9. The molecule has 0 unspecified atom stereocenters. The Bertz CT molecular complexity index is 1100. The number of benzene rings is 1. The van der Waals surface area contributed by atoms with Crippen LogP contribution in [0.1, 0.15) is 32.8 Å². The number of aromatic nitrogens is 2. The molecule has 0 bridgehead atoms. The molecule has 11 heteroatoms. The van der Waals surface area contributed by atoms with E-state index in [9.17, 15) is 23.1 Å². The van der Waals surface area contributed by atoms with Crippen molar-refractivity contribution in [2.75, 3.05) is 24.2 Å². The summed E-state index contributed by atoms with van der Waals surface area (Å²) in [5.41, 5.74) is 0.561. The molecule has 1 aromatic carbocycles. The second-order valence-corrected chi connectivity index (χ2v) is 9.64. The Hall–Kier alpha value is -2.37. The number of hydrogen-bond donors (Lipinski definition) is 2. The number of nitrogens with one attached hydrogen (secondary N) is 1. The molecule has 0 radical (unpaired) electrons. The fraction of sp³-hybridized carbons (Fsp3) is 0.450. The first-order valence-electron chi connectivity index (χ1n) is 9.98. The van der Waals surface area contributed by atoms with Crippen LogP contribution in [0.3, 0.4) is 0 Å². The molecular weight excluding hydrogens is 440 g/mol. The van der Waals surface area contributed by atoms with E-state index in [1.807, 2.05) is 6.92 Å². The third-order valence-electron chi connectivity index (χ3n) is 4.53. The molecule has 0 saturated heterocycles. The minimum atomic E-state index is -3.67. The van der Waals surface area contributed by atoms with Crippen LogP contribution < -0.4 is 10.9 Å². The number of thioether (sulfide) groups is 1. The first-order valence-corrected chi connectivity index (χ1v) is 12.4. The maximum atomic E-state index is 12.9. The van der Waals surface area contributed by atoms with Crippen molar-refractivity contribution in [1.29, 1.82) is 0 Å². The number of hydrogen-bond acceptors (Lipinski definition) is 7. The molecule has 31 heavy (non-hydrogen) atoms. The predicted molar refractivity (Wildman–Crippen MR) is 121 cm³/mol. The first-order chi connectivity index (χ1) is 14.6. The predicted octanol–water partition coefficient (Wildman–Crippen LogP) is 2.43. The molecule has 2 N–H and O–H groups in total. The van der Waals surface area contributed by atoms with E-state index in [2.05, 4.69) is 10.3 Å². The Kier molecular flexibility index (Phi) is 8.66. The Morgan fingerprint density at radius 3 is 2.52 bits per heavy atom. The van der Waals surface area contributed by atoms with Gasteiger partial charge in [-0.1, -0.05) is 38.6 Å². The van der Waals surface area contributed by atoms with Crippen molar-refractivity contribution >= 4 is 33.4 Å². The van der Waals surface area contributed by atoms with Gasteiger partial charge in [0.05, 0.1) is 16.7 Å². The number of rotatable bonds is 10. The minimum absolute atomic E-state index is 0.0639. The lowest BCUT2D eigenvalue weighted by molar-refractivity contribution is -0.113. The van der Waals surface area contributed by atoms with Crippen molar-refractivity contribution < 1.29 is 18.3 Å². The summed E-state index contributed by atoms with van der Waals surface area (Å²) in [6, 6.07) is 5.77. The summed E-state index contributed by atoms with van der Waals surface area (Å²) in [6.45, 7) is 8.27. The van der Waals surface area contributed by atoms with E-state index in [0.717, 1.165) is 17.8 Å². The van der Waals surface area contributed by atoms with Crippen LogP contribution in [0, 0.1) is 6.92 Å². The summed E-state index contributed by atoms with van der Waals surface area (Å²) in [7, 11) is -3.67. The maximum absolute atomic E-state index is 12.9. The van der Waals surface area contributed by atoms with E-state index < -0.39 is 15.9 Å². The highest BCUT2D eigenvalue weighted by molar-refractivity contribution is 7.99. The maximum Gasteiger partial charge on any atom is 0.257 e. The molecule has 9 nitrogen and oxygen atoms in total. The molecule has 1 heterocycles. The number of aryl methyl sites for hydroxylation is 1. The number of nitrogens with zero attached hydrogens (tertiary/aromatic N) is 3. The average molecular weight is 469 g/mol. The molecule has 2 aromatic rings. The van der Waals surface area contributed by atoms with Crippen LogP contribution in [0.2, 0.25) is 0 Å². The highest BCUT2D eigenvalue weighted by Crippen LogP contribution is 2.24. The van der Waals surface area contributed by atoms with Gasteiger partial charge in [0.15, 0.2) is 5.16 Å². The zero-order valence-corrected chi connectivity index (χ0v) is 19.7. The molecule has 1 amide bonds. The molecular formula is C20H28N4O5S2. The minimum Gasteiger partial charge on any atom is -0.493 e. The summed E-state index contributed by atoms with van der Waals surface area (Å²) in [5, 5.41) is 12.5. The van der Waals surface area contributed by atoms with Crippen LogP contribution in [0.4, 0.5) is 5.69 Å². The number of amides is 1. The fourth-order valence-corrected chi connectivity index (χ4v) is 5.53. The molecule has 0 aliphatic rings. The quantitative estimate of drug-likeness (QED) is 0.406. The summed E-state index contributed by atoms with van der Waals surface area (Å²) in [5.74, 6) is -0.850. The second kappa shape index (κ2) is 10.8. The molecule has 0 aliphatic heterocycles. The van der Waals surface area contributed by atoms with E-state index in [1.165, 1.54) is 14.9 Å². The van der Waals surface area contributed by atoms with Gasteiger partial charge in [-0.2, -0.15) is 9.29 Å². The van der Waals surface area contributed by atoms with E-state index in [-0.39, 0.29) is 27.3 Å². The van der Waals surface area contributed by atoms with Gasteiger partial charge in [-0.3, -0.25) is 14.2 Å². The molecule has 0 fully saturated rings. The number of aromatic hydroxyl groups is 1. The van der Waals surface area contributed by atoms with E-state index in [4.69, 9.17) is 0 Å². The lowest BCUT2D eigenvalue weighted by Crippen LogP contribution is -2.31. The van der Waals surface area contributed by atoms with Crippen LogP contribution in [-0.4, -0.2) is 52.1 Å². The molecule has 1 aromatic heterocycles. The van der Waals surface area contributed by atoms with Gasteiger partial charge in [-0.05, 0) is 31.0 Å². The van der Waals surface area contributed by atoms with E-state index >= 15 is 0 Å². The molecule has 0 aliphatic carbocycles. The summed E-state index contributed by atoms with van der Waals surface area (Å²) < 4.78 is 28.5. The van der Waals surface area contributed by atoms with E-state index in [0.29, 0.717) is 37.3 Å². The van der Waals surface area contributed by atoms with Gasteiger partial charge >= 0.3 is 0 Å². The Labute approximate surface area is 186 Å². The van der Waals surface area contributed by atoms with Gasteiger partial charge < -0.3 is 10.4 Å². The average Bonchev–Trinajstić information content (AvgIpc) is 2.70. The lowest BCUT2D eigenvalue weighted by atomic mass is 10.2. The van der Waals surface area contributed by atoms with Crippen molar-refractivity contribution in [2.24, 2.45) is 0 Å². The molecule has 170 valence electrons. The standard InChI is InChI=1S/C20H28N4O5S2/c1-5-10-24-19(27)12-17(25)22-20(24)30-13-18(26)21-15-9-8-14(4)16(11-15)31(28,29)23(6-2)7-3/h8-9,11-12,25H,5-7,10,13H2,1-4H3,(H,21,26). The second-order valence-electron chi connectivity index (χ2n) is 6.79. The van der Waals surface area contributed by atoms with Gasteiger partial charge in [0.25, 0.3) is 5.56 Å². The van der Waals surface area contributed by atoms with Crippen LogP contribution in [0.25, 0.3) is 0 Å². The number of carbonyl (C=O) groups excluding carboxylic acids is 1. The van der Waals surface area contributed by atoms with Gasteiger partial charge in [0.2, 0.25) is 21.8 Å². The highest BCUT2D eigenvalue weighted by atomic mass is 32.2. The zero-order valence-electron chi connectivity index (χ0n) is 18.1. The topological polar surface area (TPSA) is 122 Å². The van der Waals surface area contributed by atoms with Crippen LogP contribution in [0.5, 0.6) is 5.88 Å². The smallest absolute Gasteiger partial charge is 0.257 e. The Morgan fingerprint density at radius 1 is 1.23 bits per heavy atom. The van der Waals surface area contributed by atoms with Gasteiger partial charge in [0.1, 0.15) is 0 Å². The lowest BCUT2D eigenvalue weighted by Gasteiger charge is -2.20.